The molecule has 6 aromatic rings. The second-order valence-corrected chi connectivity index (χ2v) is 26.4. The number of unbranched alkanes of at least 4 members (excludes halogenated alkanes) is 8. The molecule has 2 aromatic heterocycles. The molecule has 424 valence electrons. The molecule has 8 rings (SSSR count). The molecular formula is C68H82N2O8S2. The Morgan fingerprint density at radius 3 is 1.12 bits per heavy atom. The van der Waals surface area contributed by atoms with Crippen LogP contribution in [0.15, 0.2) is 84.9 Å². The lowest BCUT2D eigenvalue weighted by Crippen LogP contribution is -2.49. The molecule has 80 heavy (non-hydrogen) atoms. The Morgan fingerprint density at radius 1 is 0.438 bits per heavy atom. The van der Waals surface area contributed by atoms with Gasteiger partial charge in [0.05, 0.1) is 11.1 Å². The number of rotatable bonds is 24. The van der Waals surface area contributed by atoms with Crippen molar-refractivity contribution >= 4 is 69.3 Å². The monoisotopic (exact) mass is 1120 g/mol. The minimum Gasteiger partial charge on any atom is -0.443 e. The van der Waals surface area contributed by atoms with Crippen LogP contribution in [-0.2, 0) is 33.1 Å². The van der Waals surface area contributed by atoms with Gasteiger partial charge >= 0.3 is 12.2 Å². The summed E-state index contributed by atoms with van der Waals surface area (Å²) in [6.45, 7) is 24.3. The number of amides is 6. The first kappa shape index (κ1) is 59.9. The van der Waals surface area contributed by atoms with E-state index in [0.717, 1.165) is 122 Å². The number of carbonyl (C=O) groups excluding carboxylic acids is 6. The summed E-state index contributed by atoms with van der Waals surface area (Å²) in [6.07, 6.45) is 11.7. The number of thiophene rings is 2. The summed E-state index contributed by atoms with van der Waals surface area (Å²) >= 11 is 3.01. The lowest BCUT2D eigenvalue weighted by molar-refractivity contribution is 0.00735. The molecule has 10 nitrogen and oxygen atoms in total. The first-order valence-corrected chi connectivity index (χ1v) is 31.0. The van der Waals surface area contributed by atoms with Crippen molar-refractivity contribution in [3.8, 4) is 20.9 Å². The third kappa shape index (κ3) is 11.9. The summed E-state index contributed by atoms with van der Waals surface area (Å²) in [7, 11) is 0. The molecule has 0 saturated carbocycles. The average molecular weight is 1120 g/mol. The van der Waals surface area contributed by atoms with Crippen LogP contribution in [0.25, 0.3) is 31.7 Å². The maximum atomic E-state index is 15.8. The van der Waals surface area contributed by atoms with E-state index in [4.69, 9.17) is 9.47 Å². The van der Waals surface area contributed by atoms with Crippen molar-refractivity contribution in [2.24, 2.45) is 0 Å². The van der Waals surface area contributed by atoms with Crippen LogP contribution in [-0.4, -0.2) is 56.8 Å². The van der Waals surface area contributed by atoms with Crippen molar-refractivity contribution < 1.29 is 38.2 Å². The molecule has 12 heteroatoms. The molecule has 0 radical (unpaired) electrons. The predicted octanol–water partition coefficient (Wildman–Crippen LogP) is 18.6. The summed E-state index contributed by atoms with van der Waals surface area (Å²) in [5.41, 5.74) is 1.85. The second-order valence-electron chi connectivity index (χ2n) is 24.3. The summed E-state index contributed by atoms with van der Waals surface area (Å²) in [4.78, 5) is 96.9. The molecule has 2 aliphatic rings. The van der Waals surface area contributed by atoms with E-state index in [-0.39, 0.29) is 33.0 Å². The first-order valence-electron chi connectivity index (χ1n) is 29.3. The van der Waals surface area contributed by atoms with Gasteiger partial charge in [0.25, 0.3) is 23.6 Å². The smallest absolute Gasteiger partial charge is 0.424 e. The van der Waals surface area contributed by atoms with Crippen LogP contribution in [0.5, 0.6) is 0 Å². The fourth-order valence-corrected chi connectivity index (χ4v) is 14.4. The van der Waals surface area contributed by atoms with Crippen LogP contribution in [0, 0.1) is 0 Å². The van der Waals surface area contributed by atoms with E-state index in [9.17, 15) is 9.59 Å². The highest BCUT2D eigenvalue weighted by atomic mass is 32.1. The number of hydrogen-bond donors (Lipinski definition) is 0. The third-order valence-electron chi connectivity index (χ3n) is 16.3. The number of aryl methyl sites for hydroxylation is 2. The van der Waals surface area contributed by atoms with E-state index in [1.54, 1.807) is 39.8 Å². The highest BCUT2D eigenvalue weighted by Crippen LogP contribution is 2.52. The number of carbonyl (C=O) groups is 6. The number of benzene rings is 4. The van der Waals surface area contributed by atoms with Gasteiger partial charge in [0.1, 0.15) is 11.2 Å². The van der Waals surface area contributed by atoms with Gasteiger partial charge in [-0.1, -0.05) is 167 Å². The standard InChI is InChI=1S/C68H82N2O8S2/c1-13-17-21-25-31-43-39-51(79-57(43)67(9,10)45-33-27-23-28-34-45)47-41-49-54-53-50(60(72)69(61(73)55(47)53)63(75)77-65(5,6)37-19-15-3)42-48(56(54)62(74)70(59(49)71)64(76)78-66(7,8)38-20-16-4)52-40-44(32-26-22-18-14-2)58(80-52)68(11,12)46-35-29-24-30-36-46/h23-24,27-30,33-36,39-42H,13-22,25-26,31-32,37-38H2,1-12H3. The molecule has 4 aromatic carbocycles. The third-order valence-corrected chi connectivity index (χ3v) is 19.4. The van der Waals surface area contributed by atoms with Gasteiger partial charge in [0.15, 0.2) is 0 Å². The van der Waals surface area contributed by atoms with E-state index in [0.29, 0.717) is 43.5 Å². The quantitative estimate of drug-likeness (QED) is 0.0433. The van der Waals surface area contributed by atoms with Gasteiger partial charge in [-0.05, 0) is 126 Å². The minimum atomic E-state index is -1.11. The highest BCUT2D eigenvalue weighted by molar-refractivity contribution is 7.16. The van der Waals surface area contributed by atoms with E-state index < -0.39 is 57.8 Å². The molecule has 0 fully saturated rings. The Bertz CT molecular complexity index is 3090. The van der Waals surface area contributed by atoms with Gasteiger partial charge in [0, 0.05) is 63.4 Å². The Kier molecular flexibility index (Phi) is 18.3. The largest absolute Gasteiger partial charge is 0.443 e. The number of nitrogens with zero attached hydrogens (tertiary/aromatic N) is 2. The zero-order chi connectivity index (χ0) is 57.9. The summed E-state index contributed by atoms with van der Waals surface area (Å²) in [6, 6.07) is 27.9. The SMILES string of the molecule is CCCCCCc1cc(-c2cc3c4c(c(-c5cc(CCCCCC)c(C(C)(C)c6ccccc6)s5)cc5c4c2C(=O)N(C(=O)OC(C)(C)CCCC)C5=O)C(=O)N(C(=O)OC(C)(C)CCCC)C3=O)sc1C(C)(C)c1ccccc1. The highest BCUT2D eigenvalue weighted by Gasteiger charge is 2.49. The van der Waals surface area contributed by atoms with Crippen molar-refractivity contribution in [1.29, 1.82) is 0 Å². The normalized spacial score (nSPS) is 13.9. The minimum absolute atomic E-state index is 0.00309. The molecule has 4 heterocycles. The van der Waals surface area contributed by atoms with E-state index in [2.05, 4.69) is 77.9 Å². The molecule has 0 bridgehead atoms. The maximum absolute atomic E-state index is 15.8. The van der Waals surface area contributed by atoms with Crippen molar-refractivity contribution in [1.82, 2.24) is 9.80 Å². The molecule has 0 aliphatic carbocycles. The Morgan fingerprint density at radius 2 is 0.787 bits per heavy atom. The molecule has 0 atom stereocenters. The zero-order valence-corrected chi connectivity index (χ0v) is 51.0. The molecule has 2 aliphatic heterocycles. The summed E-state index contributed by atoms with van der Waals surface area (Å²) in [5, 5.41) is 0.169. The van der Waals surface area contributed by atoms with Crippen LogP contribution < -0.4 is 0 Å². The van der Waals surface area contributed by atoms with Gasteiger partial charge in [-0.3, -0.25) is 19.2 Å². The van der Waals surface area contributed by atoms with Crippen LogP contribution in [0.2, 0.25) is 0 Å². The molecule has 0 N–H and O–H groups in total. The molecule has 0 saturated heterocycles. The van der Waals surface area contributed by atoms with Gasteiger partial charge in [-0.15, -0.1) is 22.7 Å². The van der Waals surface area contributed by atoms with Crippen molar-refractivity contribution in [3.63, 3.8) is 0 Å². The fraction of sp³-hybridized carbons (Fsp3) is 0.471. The number of ether oxygens (including phenoxy) is 2. The zero-order valence-electron chi connectivity index (χ0n) is 49.4. The van der Waals surface area contributed by atoms with Crippen LogP contribution in [0.4, 0.5) is 9.59 Å². The lowest BCUT2D eigenvalue weighted by Gasteiger charge is -2.34. The van der Waals surface area contributed by atoms with Gasteiger partial charge in [-0.25, -0.2) is 9.59 Å². The van der Waals surface area contributed by atoms with E-state index in [1.165, 1.54) is 22.7 Å². The Balaban J connectivity index is 1.47. The van der Waals surface area contributed by atoms with Crippen molar-refractivity contribution in [2.75, 3.05) is 0 Å². The van der Waals surface area contributed by atoms with Crippen LogP contribution in [0.3, 0.4) is 0 Å². The molecule has 6 amide bonds. The molecular weight excluding hydrogens is 1040 g/mol. The van der Waals surface area contributed by atoms with Crippen LogP contribution >= 0.6 is 22.7 Å². The van der Waals surface area contributed by atoms with Gasteiger partial charge < -0.3 is 9.47 Å². The van der Waals surface area contributed by atoms with E-state index in [1.807, 2.05) is 50.2 Å². The molecule has 0 unspecified atom stereocenters. The fourth-order valence-electron chi connectivity index (χ4n) is 11.7. The Hall–Kier alpha value is -6.24. The van der Waals surface area contributed by atoms with Gasteiger partial charge in [0.2, 0.25) is 0 Å². The number of hydrogen-bond acceptors (Lipinski definition) is 10. The van der Waals surface area contributed by atoms with Crippen molar-refractivity contribution in [2.45, 2.75) is 208 Å². The van der Waals surface area contributed by atoms with Gasteiger partial charge in [-0.2, -0.15) is 9.80 Å². The average Bonchev–Trinajstić information content (AvgIpc) is 4.15. The Labute approximate surface area is 482 Å². The van der Waals surface area contributed by atoms with E-state index >= 15 is 19.2 Å². The van der Waals surface area contributed by atoms with Crippen LogP contribution in [0.1, 0.15) is 246 Å². The predicted molar refractivity (Wildman–Crippen MR) is 325 cm³/mol. The maximum Gasteiger partial charge on any atom is 0.424 e. The number of imide groups is 6. The lowest BCUT2D eigenvalue weighted by atomic mass is 9.79. The molecule has 0 spiro atoms. The second kappa shape index (κ2) is 24.5. The topological polar surface area (TPSA) is 127 Å². The summed E-state index contributed by atoms with van der Waals surface area (Å²) in [5.74, 6) is -3.69. The van der Waals surface area contributed by atoms with Crippen molar-refractivity contribution in [3.05, 3.63) is 139 Å². The first-order chi connectivity index (χ1) is 38.0. The summed E-state index contributed by atoms with van der Waals surface area (Å²) < 4.78 is 12.3.